The normalized spacial score (nSPS) is 11.1. The fourth-order valence-electron chi connectivity index (χ4n) is 3.32. The molecule has 3 rings (SSSR count). The second kappa shape index (κ2) is 9.33. The number of nitriles is 1. The molecule has 0 fully saturated rings. The number of carboxylic acids is 1. The van der Waals surface area contributed by atoms with Crippen molar-refractivity contribution in [2.75, 3.05) is 0 Å². The monoisotopic (exact) mass is 433 g/mol. The van der Waals surface area contributed by atoms with E-state index >= 15 is 0 Å². The first-order valence-electron chi connectivity index (χ1n) is 9.48. The molecule has 0 saturated heterocycles. The molecule has 0 atom stereocenters. The van der Waals surface area contributed by atoms with Gasteiger partial charge in [-0.1, -0.05) is 41.9 Å². The summed E-state index contributed by atoms with van der Waals surface area (Å²) in [6, 6.07) is 18.0. The highest BCUT2D eigenvalue weighted by Crippen LogP contribution is 2.26. The van der Waals surface area contributed by atoms with Gasteiger partial charge in [-0.3, -0.25) is 4.79 Å². The van der Waals surface area contributed by atoms with Gasteiger partial charge in [-0.25, -0.2) is 4.79 Å². The molecule has 2 aromatic carbocycles. The van der Waals surface area contributed by atoms with Crippen LogP contribution >= 0.6 is 11.6 Å². The smallest absolute Gasteiger partial charge is 0.337 e. The largest absolute Gasteiger partial charge is 0.478 e. The lowest BCUT2D eigenvalue weighted by Gasteiger charge is -2.11. The number of hydrogen-bond donors (Lipinski definition) is 2. The summed E-state index contributed by atoms with van der Waals surface area (Å²) in [5.41, 5.74) is 3.83. The van der Waals surface area contributed by atoms with Crippen molar-refractivity contribution in [2.45, 2.75) is 20.4 Å². The van der Waals surface area contributed by atoms with Gasteiger partial charge < -0.3 is 15.0 Å². The molecule has 1 heterocycles. The maximum atomic E-state index is 12.5. The number of aromatic nitrogens is 1. The van der Waals surface area contributed by atoms with Crippen LogP contribution in [0.1, 0.15) is 32.9 Å². The SMILES string of the molecule is Cc1cc(/C=C(/C#N)C(=O)NCc2ccccc2)c(C)n1-c1ccc(Cl)c(C(=O)O)c1. The minimum Gasteiger partial charge on any atom is -0.478 e. The van der Waals surface area contributed by atoms with E-state index in [9.17, 15) is 20.0 Å². The number of carbonyl (C=O) groups excluding carboxylic acids is 1. The highest BCUT2D eigenvalue weighted by Gasteiger charge is 2.16. The first-order valence-corrected chi connectivity index (χ1v) is 9.85. The van der Waals surface area contributed by atoms with Crippen molar-refractivity contribution < 1.29 is 14.7 Å². The Hall–Kier alpha value is -3.82. The molecule has 0 unspecified atom stereocenters. The van der Waals surface area contributed by atoms with Gasteiger partial charge in [-0.15, -0.1) is 0 Å². The molecular formula is C24H20ClN3O3. The lowest BCUT2D eigenvalue weighted by Crippen LogP contribution is -2.23. The molecule has 7 heteroatoms. The van der Waals surface area contributed by atoms with Crippen LogP contribution in [0.5, 0.6) is 0 Å². The number of amides is 1. The number of benzene rings is 2. The summed E-state index contributed by atoms with van der Waals surface area (Å²) in [6.07, 6.45) is 1.53. The highest BCUT2D eigenvalue weighted by molar-refractivity contribution is 6.33. The van der Waals surface area contributed by atoms with Gasteiger partial charge in [0.25, 0.3) is 5.91 Å². The fraction of sp³-hybridized carbons (Fsp3) is 0.125. The maximum Gasteiger partial charge on any atom is 0.337 e. The van der Waals surface area contributed by atoms with Crippen molar-refractivity contribution in [1.29, 1.82) is 5.26 Å². The number of nitrogens with one attached hydrogen (secondary N) is 1. The lowest BCUT2D eigenvalue weighted by molar-refractivity contribution is -0.117. The first-order chi connectivity index (χ1) is 14.8. The summed E-state index contributed by atoms with van der Waals surface area (Å²) in [6.45, 7) is 4.02. The zero-order chi connectivity index (χ0) is 22.5. The Morgan fingerprint density at radius 1 is 1.16 bits per heavy atom. The van der Waals surface area contributed by atoms with E-state index in [2.05, 4.69) is 5.32 Å². The maximum absolute atomic E-state index is 12.5. The van der Waals surface area contributed by atoms with E-state index in [0.717, 1.165) is 17.0 Å². The molecule has 1 aromatic heterocycles. The van der Waals surface area contributed by atoms with Gasteiger partial charge in [0.15, 0.2) is 0 Å². The number of aryl methyl sites for hydroxylation is 1. The van der Waals surface area contributed by atoms with E-state index in [1.807, 2.05) is 60.9 Å². The van der Waals surface area contributed by atoms with Crippen molar-refractivity contribution in [3.63, 3.8) is 0 Å². The number of rotatable bonds is 6. The Bertz CT molecular complexity index is 1220. The molecule has 31 heavy (non-hydrogen) atoms. The molecule has 156 valence electrons. The first kappa shape index (κ1) is 21.9. The van der Waals surface area contributed by atoms with Crippen molar-refractivity contribution in [3.8, 4) is 11.8 Å². The number of nitrogens with zero attached hydrogens (tertiary/aromatic N) is 2. The number of halogens is 1. The van der Waals surface area contributed by atoms with Crippen LogP contribution < -0.4 is 5.32 Å². The number of carbonyl (C=O) groups is 2. The molecule has 0 spiro atoms. The predicted molar refractivity (Wildman–Crippen MR) is 119 cm³/mol. The molecule has 0 aliphatic heterocycles. The van der Waals surface area contributed by atoms with Crippen molar-refractivity contribution >= 4 is 29.6 Å². The topological polar surface area (TPSA) is 95.1 Å². The molecule has 2 N–H and O–H groups in total. The zero-order valence-electron chi connectivity index (χ0n) is 17.0. The third-order valence-corrected chi connectivity index (χ3v) is 5.20. The van der Waals surface area contributed by atoms with Gasteiger partial charge in [0.2, 0.25) is 0 Å². The molecule has 1 amide bonds. The number of carboxylic acid groups (broad SMARTS) is 1. The molecular weight excluding hydrogens is 414 g/mol. The van der Waals surface area contributed by atoms with Gasteiger partial charge in [0, 0.05) is 23.6 Å². The number of hydrogen-bond acceptors (Lipinski definition) is 3. The second-order valence-corrected chi connectivity index (χ2v) is 7.38. The Morgan fingerprint density at radius 2 is 1.87 bits per heavy atom. The quantitative estimate of drug-likeness (QED) is 0.436. The summed E-state index contributed by atoms with van der Waals surface area (Å²) in [5.74, 6) is -1.58. The van der Waals surface area contributed by atoms with Crippen LogP contribution in [0.25, 0.3) is 11.8 Å². The number of aromatic carboxylic acids is 1. The van der Waals surface area contributed by atoms with Crippen molar-refractivity contribution in [1.82, 2.24) is 9.88 Å². The van der Waals surface area contributed by atoms with Gasteiger partial charge in [-0.2, -0.15) is 5.26 Å². The molecule has 0 bridgehead atoms. The second-order valence-electron chi connectivity index (χ2n) is 6.97. The Kier molecular flexibility index (Phi) is 6.58. The van der Waals surface area contributed by atoms with Crippen LogP contribution in [0.3, 0.4) is 0 Å². The van der Waals surface area contributed by atoms with Gasteiger partial charge in [-0.05, 0) is 55.3 Å². The molecule has 0 radical (unpaired) electrons. The van der Waals surface area contributed by atoms with E-state index in [1.165, 1.54) is 18.2 Å². The van der Waals surface area contributed by atoms with Crippen LogP contribution in [-0.4, -0.2) is 21.6 Å². The van der Waals surface area contributed by atoms with Crippen LogP contribution in [-0.2, 0) is 11.3 Å². The van der Waals surface area contributed by atoms with E-state index in [0.29, 0.717) is 17.8 Å². The van der Waals surface area contributed by atoms with E-state index in [-0.39, 0.29) is 16.2 Å². The zero-order valence-corrected chi connectivity index (χ0v) is 17.8. The van der Waals surface area contributed by atoms with Gasteiger partial charge in [0.05, 0.1) is 10.6 Å². The average Bonchev–Trinajstić information content (AvgIpc) is 3.04. The summed E-state index contributed by atoms with van der Waals surface area (Å²) in [7, 11) is 0. The Morgan fingerprint density at radius 3 is 2.52 bits per heavy atom. The summed E-state index contributed by atoms with van der Waals surface area (Å²) < 4.78 is 1.85. The van der Waals surface area contributed by atoms with Crippen LogP contribution in [0, 0.1) is 25.2 Å². The van der Waals surface area contributed by atoms with Gasteiger partial charge in [0.1, 0.15) is 11.6 Å². The summed E-state index contributed by atoms with van der Waals surface area (Å²) >= 11 is 5.98. The predicted octanol–water partition coefficient (Wildman–Crippen LogP) is 4.67. The van der Waals surface area contributed by atoms with Crippen LogP contribution in [0.4, 0.5) is 0 Å². The Labute approximate surface area is 185 Å². The lowest BCUT2D eigenvalue weighted by atomic mass is 10.1. The molecule has 3 aromatic rings. The standard InChI is InChI=1S/C24H20ClN3O3/c1-15-10-18(11-19(13-26)23(29)27-14-17-6-4-3-5-7-17)16(2)28(15)20-8-9-22(25)21(12-20)24(30)31/h3-12H,14H2,1-2H3,(H,27,29)(H,30,31)/b19-11-. The van der Waals surface area contributed by atoms with Crippen LogP contribution in [0.2, 0.25) is 5.02 Å². The third kappa shape index (κ3) is 4.85. The van der Waals surface area contributed by atoms with Crippen LogP contribution in [0.15, 0.2) is 60.2 Å². The summed E-state index contributed by atoms with van der Waals surface area (Å²) in [4.78, 5) is 23.9. The molecule has 6 nitrogen and oxygen atoms in total. The third-order valence-electron chi connectivity index (χ3n) is 4.87. The van der Waals surface area contributed by atoms with E-state index < -0.39 is 11.9 Å². The molecule has 0 aliphatic carbocycles. The minimum atomic E-state index is -1.11. The Balaban J connectivity index is 1.90. The highest BCUT2D eigenvalue weighted by atomic mass is 35.5. The van der Waals surface area contributed by atoms with E-state index in [4.69, 9.17) is 11.6 Å². The molecule has 0 saturated carbocycles. The van der Waals surface area contributed by atoms with Crippen molar-refractivity contribution in [2.24, 2.45) is 0 Å². The molecule has 0 aliphatic rings. The van der Waals surface area contributed by atoms with Gasteiger partial charge >= 0.3 is 5.97 Å². The van der Waals surface area contributed by atoms with Crippen molar-refractivity contribution in [3.05, 3.63) is 93.3 Å². The average molecular weight is 434 g/mol. The fourth-order valence-corrected chi connectivity index (χ4v) is 3.52. The van der Waals surface area contributed by atoms with E-state index in [1.54, 1.807) is 6.07 Å². The minimum absolute atomic E-state index is 0.00163. The summed E-state index contributed by atoms with van der Waals surface area (Å²) in [5, 5.41) is 21.7.